The molecule has 0 fully saturated rings. The van der Waals surface area contributed by atoms with Crippen LogP contribution < -0.4 is 0 Å². The molecule has 0 amide bonds. The number of Topliss-reactive ketones (excluding diaryl/α,β-unsaturated/α-hetero) is 1. The highest BCUT2D eigenvalue weighted by Gasteiger charge is 2.23. The normalized spacial score (nSPS) is 11.8. The Kier molecular flexibility index (Phi) is 4.99. The van der Waals surface area contributed by atoms with E-state index in [2.05, 4.69) is 0 Å². The SMILES string of the molecule is CC(OC(=O)c1c(Cl)cccc1Cl)C(=O)c1ccccc1. The number of halogens is 2. The van der Waals surface area contributed by atoms with Crippen LogP contribution in [0.3, 0.4) is 0 Å². The summed E-state index contributed by atoms with van der Waals surface area (Å²) in [5.74, 6) is -1.01. The van der Waals surface area contributed by atoms with E-state index < -0.39 is 12.1 Å². The Bertz CT molecular complexity index is 648. The second kappa shape index (κ2) is 6.74. The molecule has 0 spiro atoms. The van der Waals surface area contributed by atoms with Gasteiger partial charge in [-0.3, -0.25) is 4.79 Å². The van der Waals surface area contributed by atoms with Crippen molar-refractivity contribution in [3.63, 3.8) is 0 Å². The van der Waals surface area contributed by atoms with E-state index in [1.54, 1.807) is 36.4 Å². The van der Waals surface area contributed by atoms with Gasteiger partial charge in [0.25, 0.3) is 0 Å². The van der Waals surface area contributed by atoms with Crippen LogP contribution in [0, 0.1) is 0 Å². The highest BCUT2D eigenvalue weighted by Crippen LogP contribution is 2.25. The summed E-state index contributed by atoms with van der Waals surface area (Å²) < 4.78 is 5.16. The minimum atomic E-state index is -0.924. The molecule has 0 saturated carbocycles. The Morgan fingerprint density at radius 3 is 2.10 bits per heavy atom. The quantitative estimate of drug-likeness (QED) is 0.618. The first-order chi connectivity index (χ1) is 10.0. The van der Waals surface area contributed by atoms with Crippen molar-refractivity contribution in [1.29, 1.82) is 0 Å². The van der Waals surface area contributed by atoms with Crippen LogP contribution in [0.5, 0.6) is 0 Å². The number of carbonyl (C=O) groups excluding carboxylic acids is 2. The lowest BCUT2D eigenvalue weighted by molar-refractivity contribution is 0.0319. The monoisotopic (exact) mass is 322 g/mol. The predicted octanol–water partition coefficient (Wildman–Crippen LogP) is 4.42. The Balaban J connectivity index is 2.15. The van der Waals surface area contributed by atoms with Gasteiger partial charge >= 0.3 is 5.97 Å². The van der Waals surface area contributed by atoms with Gasteiger partial charge in [0.2, 0.25) is 5.78 Å². The van der Waals surface area contributed by atoms with Gasteiger partial charge in [0.05, 0.1) is 15.6 Å². The molecule has 2 rings (SSSR count). The van der Waals surface area contributed by atoms with Crippen molar-refractivity contribution in [2.45, 2.75) is 13.0 Å². The fourth-order valence-electron chi connectivity index (χ4n) is 1.80. The average Bonchev–Trinajstić information content (AvgIpc) is 2.47. The van der Waals surface area contributed by atoms with E-state index >= 15 is 0 Å². The van der Waals surface area contributed by atoms with Crippen LogP contribution in [0.1, 0.15) is 27.6 Å². The molecule has 108 valence electrons. The van der Waals surface area contributed by atoms with E-state index in [0.29, 0.717) is 5.56 Å². The molecule has 0 aromatic heterocycles. The van der Waals surface area contributed by atoms with Crippen molar-refractivity contribution in [1.82, 2.24) is 0 Å². The molecular formula is C16H12Cl2O3. The summed E-state index contributed by atoms with van der Waals surface area (Å²) in [6, 6.07) is 13.3. The molecule has 0 radical (unpaired) electrons. The molecule has 0 saturated heterocycles. The van der Waals surface area contributed by atoms with Crippen LogP contribution in [0.2, 0.25) is 10.0 Å². The molecule has 0 N–H and O–H groups in total. The second-order valence-electron chi connectivity index (χ2n) is 4.37. The maximum atomic E-state index is 12.1. The summed E-state index contributed by atoms with van der Waals surface area (Å²) in [6.07, 6.45) is -0.924. The number of carbonyl (C=O) groups is 2. The highest BCUT2D eigenvalue weighted by molar-refractivity contribution is 6.39. The molecule has 0 aliphatic rings. The van der Waals surface area contributed by atoms with Gasteiger partial charge in [0, 0.05) is 5.56 Å². The molecular weight excluding hydrogens is 311 g/mol. The lowest BCUT2D eigenvalue weighted by atomic mass is 10.1. The van der Waals surface area contributed by atoms with Crippen molar-refractivity contribution in [2.24, 2.45) is 0 Å². The molecule has 0 bridgehead atoms. The Morgan fingerprint density at radius 2 is 1.52 bits per heavy atom. The number of hydrogen-bond donors (Lipinski definition) is 0. The molecule has 0 aliphatic carbocycles. The largest absolute Gasteiger partial charge is 0.451 e. The molecule has 2 aromatic rings. The maximum absolute atomic E-state index is 12.1. The second-order valence-corrected chi connectivity index (χ2v) is 5.19. The number of rotatable bonds is 4. The third kappa shape index (κ3) is 3.63. The minimum Gasteiger partial charge on any atom is -0.451 e. The van der Waals surface area contributed by atoms with Crippen molar-refractivity contribution in [3.8, 4) is 0 Å². The van der Waals surface area contributed by atoms with E-state index in [0.717, 1.165) is 0 Å². The van der Waals surface area contributed by atoms with Crippen molar-refractivity contribution >= 4 is 35.0 Å². The number of benzene rings is 2. The van der Waals surface area contributed by atoms with E-state index in [4.69, 9.17) is 27.9 Å². The predicted molar refractivity (Wildman–Crippen MR) is 82.1 cm³/mol. The van der Waals surface area contributed by atoms with Crippen LogP contribution in [0.25, 0.3) is 0 Å². The van der Waals surface area contributed by atoms with Crippen LogP contribution in [-0.4, -0.2) is 17.9 Å². The molecule has 2 aromatic carbocycles. The first kappa shape index (κ1) is 15.5. The number of hydrogen-bond acceptors (Lipinski definition) is 3. The first-order valence-electron chi connectivity index (χ1n) is 6.25. The number of esters is 1. The molecule has 3 nitrogen and oxygen atoms in total. The lowest BCUT2D eigenvalue weighted by Crippen LogP contribution is -2.24. The highest BCUT2D eigenvalue weighted by atomic mass is 35.5. The third-order valence-corrected chi connectivity index (χ3v) is 3.51. The number of ether oxygens (including phenoxy) is 1. The van der Waals surface area contributed by atoms with Crippen LogP contribution in [0.15, 0.2) is 48.5 Å². The Hall–Kier alpha value is -1.84. The fraction of sp³-hybridized carbons (Fsp3) is 0.125. The van der Waals surface area contributed by atoms with E-state index in [-0.39, 0.29) is 21.4 Å². The number of ketones is 1. The zero-order valence-corrected chi connectivity index (χ0v) is 12.7. The van der Waals surface area contributed by atoms with Crippen molar-refractivity contribution in [2.75, 3.05) is 0 Å². The van der Waals surface area contributed by atoms with Gasteiger partial charge in [0.1, 0.15) is 0 Å². The topological polar surface area (TPSA) is 43.4 Å². The van der Waals surface area contributed by atoms with Crippen LogP contribution in [0.4, 0.5) is 0 Å². The zero-order valence-electron chi connectivity index (χ0n) is 11.2. The van der Waals surface area contributed by atoms with Crippen molar-refractivity contribution < 1.29 is 14.3 Å². The summed E-state index contributed by atoms with van der Waals surface area (Å²) in [4.78, 5) is 24.2. The molecule has 5 heteroatoms. The van der Waals surface area contributed by atoms with Crippen LogP contribution in [-0.2, 0) is 4.74 Å². The van der Waals surface area contributed by atoms with Gasteiger partial charge in [-0.2, -0.15) is 0 Å². The van der Waals surface area contributed by atoms with Gasteiger partial charge in [-0.15, -0.1) is 0 Å². The summed E-state index contributed by atoms with van der Waals surface area (Å²) in [5.41, 5.74) is 0.539. The third-order valence-electron chi connectivity index (χ3n) is 2.88. The maximum Gasteiger partial charge on any atom is 0.341 e. The van der Waals surface area contributed by atoms with E-state index in [1.165, 1.54) is 19.1 Å². The minimum absolute atomic E-state index is 0.0635. The zero-order chi connectivity index (χ0) is 15.4. The molecule has 0 aliphatic heterocycles. The fourth-order valence-corrected chi connectivity index (χ4v) is 2.35. The summed E-state index contributed by atoms with van der Waals surface area (Å²) in [5, 5.41) is 0.374. The standard InChI is InChI=1S/C16H12Cl2O3/c1-10(15(19)11-6-3-2-4-7-11)21-16(20)14-12(17)8-5-9-13(14)18/h2-10H,1H3. The summed E-state index contributed by atoms with van der Waals surface area (Å²) >= 11 is 11.9. The Labute approximate surface area is 132 Å². The van der Waals surface area contributed by atoms with Gasteiger partial charge in [0.15, 0.2) is 6.10 Å². The van der Waals surface area contributed by atoms with Gasteiger partial charge in [-0.1, -0.05) is 59.6 Å². The van der Waals surface area contributed by atoms with Crippen molar-refractivity contribution in [3.05, 3.63) is 69.7 Å². The van der Waals surface area contributed by atoms with E-state index in [1.807, 2.05) is 0 Å². The summed E-state index contributed by atoms with van der Waals surface area (Å²) in [6.45, 7) is 1.51. The molecule has 1 atom stereocenters. The average molecular weight is 323 g/mol. The first-order valence-corrected chi connectivity index (χ1v) is 7.00. The van der Waals surface area contributed by atoms with Gasteiger partial charge < -0.3 is 4.74 Å². The Morgan fingerprint density at radius 1 is 0.952 bits per heavy atom. The smallest absolute Gasteiger partial charge is 0.341 e. The van der Waals surface area contributed by atoms with Crippen LogP contribution >= 0.6 is 23.2 Å². The molecule has 0 heterocycles. The molecule has 1 unspecified atom stereocenters. The summed E-state index contributed by atoms with van der Waals surface area (Å²) in [7, 11) is 0. The van der Waals surface area contributed by atoms with Gasteiger partial charge in [-0.25, -0.2) is 4.79 Å². The van der Waals surface area contributed by atoms with E-state index in [9.17, 15) is 9.59 Å². The lowest BCUT2D eigenvalue weighted by Gasteiger charge is -2.13. The molecule has 21 heavy (non-hydrogen) atoms. The van der Waals surface area contributed by atoms with Gasteiger partial charge in [-0.05, 0) is 19.1 Å².